The van der Waals surface area contributed by atoms with Crippen LogP contribution in [0.25, 0.3) is 38.5 Å². The first-order valence-corrected chi connectivity index (χ1v) is 17.5. The third-order valence-corrected chi connectivity index (χ3v) is 10.0. The van der Waals surface area contributed by atoms with Crippen molar-refractivity contribution in [3.8, 4) is 22.6 Å². The monoisotopic (exact) mass is 715 g/mol. The van der Waals surface area contributed by atoms with Crippen molar-refractivity contribution in [3.05, 3.63) is 96.5 Å². The number of halogens is 1. The summed E-state index contributed by atoms with van der Waals surface area (Å²) in [5.74, 6) is 1.24. The number of nitrogens with zero attached hydrogens (tertiary/aromatic N) is 8. The van der Waals surface area contributed by atoms with Gasteiger partial charge in [-0.15, -0.1) is 5.10 Å². The van der Waals surface area contributed by atoms with Gasteiger partial charge in [0.1, 0.15) is 11.4 Å². The predicted molar refractivity (Wildman–Crippen MR) is 198 cm³/mol. The number of amides is 2. The molecule has 2 aliphatic rings. The summed E-state index contributed by atoms with van der Waals surface area (Å²) in [5, 5.41) is 9.12. The maximum Gasteiger partial charge on any atom is 0.270 e. The molecule has 53 heavy (non-hydrogen) atoms. The lowest BCUT2D eigenvalue weighted by Gasteiger charge is -2.35. The minimum atomic E-state index is -0.487. The molecule has 13 nitrogen and oxygen atoms in total. The van der Waals surface area contributed by atoms with Gasteiger partial charge in [-0.2, -0.15) is 0 Å². The Hall–Kier alpha value is -6.31. The highest BCUT2D eigenvalue weighted by Gasteiger charge is 2.29. The van der Waals surface area contributed by atoms with Crippen LogP contribution in [0.2, 0.25) is 0 Å². The van der Waals surface area contributed by atoms with E-state index < -0.39 is 5.82 Å². The standard InChI is InChI=1S/C39H38FN9O4/c1-52-33-8-4-13-42-38(33)46-18-20-47(21-19-46)39(51)32-23-30-29(26-9-10-31-27(37(26)53-2)7-3-12-41-31)22-28(35(40)36(30)44-32)25-6-5-15-48(24-25)34(50)11-16-49-17-14-43-45-49/h3-4,6-10,12-14,17,22-23,44H,5,11,15-16,18-21,24H2,1-2H3. The van der Waals surface area contributed by atoms with Crippen molar-refractivity contribution in [2.24, 2.45) is 0 Å². The van der Waals surface area contributed by atoms with Gasteiger partial charge in [0.05, 0.1) is 38.0 Å². The second kappa shape index (κ2) is 14.4. The van der Waals surface area contributed by atoms with Gasteiger partial charge >= 0.3 is 0 Å². The average Bonchev–Trinajstić information content (AvgIpc) is 3.91. The van der Waals surface area contributed by atoms with Gasteiger partial charge in [0, 0.05) is 86.2 Å². The van der Waals surface area contributed by atoms with Gasteiger partial charge in [0.15, 0.2) is 17.4 Å². The van der Waals surface area contributed by atoms with Crippen LogP contribution in [0.1, 0.15) is 28.9 Å². The molecule has 1 N–H and O–H groups in total. The molecule has 1 saturated heterocycles. The summed E-state index contributed by atoms with van der Waals surface area (Å²) in [5.41, 5.74) is 3.72. The topological polar surface area (TPSA) is 135 Å². The number of rotatable bonds is 9. The van der Waals surface area contributed by atoms with E-state index in [1.54, 1.807) is 59.6 Å². The minimum absolute atomic E-state index is 0.0501. The van der Waals surface area contributed by atoms with E-state index in [4.69, 9.17) is 9.47 Å². The van der Waals surface area contributed by atoms with Crippen LogP contribution < -0.4 is 14.4 Å². The smallest absolute Gasteiger partial charge is 0.270 e. The van der Waals surface area contributed by atoms with Gasteiger partial charge in [-0.25, -0.2) is 9.37 Å². The summed E-state index contributed by atoms with van der Waals surface area (Å²) >= 11 is 0. The number of hydrogen-bond donors (Lipinski definition) is 1. The van der Waals surface area contributed by atoms with Gasteiger partial charge in [-0.05, 0) is 66.1 Å². The molecule has 0 aliphatic carbocycles. The number of benzene rings is 2. The number of ether oxygens (including phenoxy) is 2. The number of pyridine rings is 2. The molecule has 0 saturated carbocycles. The number of nitrogens with one attached hydrogen (secondary N) is 1. The number of aromatic nitrogens is 6. The first kappa shape index (κ1) is 33.8. The lowest BCUT2D eigenvalue weighted by Crippen LogP contribution is -2.49. The summed E-state index contributed by atoms with van der Waals surface area (Å²) in [7, 11) is 3.22. The quantitative estimate of drug-likeness (QED) is 0.215. The molecule has 270 valence electrons. The number of H-pyrrole nitrogens is 1. The lowest BCUT2D eigenvalue weighted by molar-refractivity contribution is -0.131. The Kier molecular flexibility index (Phi) is 9.17. The Bertz CT molecular complexity index is 2350. The minimum Gasteiger partial charge on any atom is -0.495 e. The van der Waals surface area contributed by atoms with E-state index in [2.05, 4.69) is 30.2 Å². The Balaban J connectivity index is 1.15. The Morgan fingerprint density at radius 1 is 0.868 bits per heavy atom. The fraction of sp³-hybridized carbons (Fsp3) is 0.282. The number of piperazine rings is 1. The number of hydrogen-bond acceptors (Lipinski definition) is 9. The highest BCUT2D eigenvalue weighted by atomic mass is 19.1. The van der Waals surface area contributed by atoms with Gasteiger partial charge in [-0.3, -0.25) is 19.3 Å². The number of anilines is 1. The number of aryl methyl sites for hydroxylation is 1. The van der Waals surface area contributed by atoms with E-state index in [9.17, 15) is 9.59 Å². The second-order valence-electron chi connectivity index (χ2n) is 13.0. The van der Waals surface area contributed by atoms with Crippen LogP contribution >= 0.6 is 0 Å². The fourth-order valence-corrected chi connectivity index (χ4v) is 7.33. The normalized spacial score (nSPS) is 14.8. The average molecular weight is 716 g/mol. The van der Waals surface area contributed by atoms with Crippen molar-refractivity contribution >= 4 is 45.0 Å². The van der Waals surface area contributed by atoms with E-state index in [1.165, 1.54) is 0 Å². The molecule has 2 aromatic carbocycles. The van der Waals surface area contributed by atoms with Crippen LogP contribution in [0.3, 0.4) is 0 Å². The zero-order valence-corrected chi connectivity index (χ0v) is 29.5. The van der Waals surface area contributed by atoms with Crippen molar-refractivity contribution in [1.29, 1.82) is 0 Å². The second-order valence-corrected chi connectivity index (χ2v) is 13.0. The van der Waals surface area contributed by atoms with Crippen molar-refractivity contribution in [3.63, 3.8) is 0 Å². The summed E-state index contributed by atoms with van der Waals surface area (Å²) in [4.78, 5) is 45.1. The highest BCUT2D eigenvalue weighted by Crippen LogP contribution is 2.42. The summed E-state index contributed by atoms with van der Waals surface area (Å²) in [6, 6.07) is 14.8. The van der Waals surface area contributed by atoms with Crippen molar-refractivity contribution in [2.75, 3.05) is 58.4 Å². The number of carbonyl (C=O) groups excluding carboxylic acids is 2. The molecule has 8 rings (SSSR count). The third kappa shape index (κ3) is 6.40. The molecule has 6 aromatic rings. The van der Waals surface area contributed by atoms with Crippen molar-refractivity contribution in [1.82, 2.24) is 39.7 Å². The molecule has 0 radical (unpaired) electrons. The number of carbonyl (C=O) groups is 2. The first-order chi connectivity index (χ1) is 25.9. The molecule has 1 fully saturated rings. The number of aromatic amines is 1. The van der Waals surface area contributed by atoms with E-state index >= 15 is 4.39 Å². The molecule has 0 unspecified atom stereocenters. The third-order valence-electron chi connectivity index (χ3n) is 10.0. The molecule has 0 atom stereocenters. The van der Waals surface area contributed by atoms with Crippen LogP contribution in [0.5, 0.6) is 11.5 Å². The maximum absolute atomic E-state index is 16.9. The Labute approximate surface area is 304 Å². The van der Waals surface area contributed by atoms with E-state index in [0.717, 1.165) is 22.3 Å². The van der Waals surface area contributed by atoms with Gasteiger partial charge in [0.2, 0.25) is 5.91 Å². The SMILES string of the molecule is COc1cccnc1N1CCN(C(=O)c2cc3c(-c4ccc5ncccc5c4OC)cc(C4=CCCN(C(=O)CCn5ccnn5)C4)c(F)c3[nH]2)CC1. The number of methoxy groups -OCH3 is 2. The van der Waals surface area contributed by atoms with Crippen molar-refractivity contribution < 1.29 is 23.5 Å². The summed E-state index contributed by atoms with van der Waals surface area (Å²) < 4.78 is 30.0. The zero-order chi connectivity index (χ0) is 36.5. The van der Waals surface area contributed by atoms with Crippen LogP contribution in [0.4, 0.5) is 10.2 Å². The number of fused-ring (bicyclic) bond motifs is 2. The van der Waals surface area contributed by atoms with Gasteiger partial charge in [-0.1, -0.05) is 11.3 Å². The van der Waals surface area contributed by atoms with Crippen LogP contribution in [-0.4, -0.2) is 105 Å². The highest BCUT2D eigenvalue weighted by molar-refractivity contribution is 6.07. The molecule has 0 spiro atoms. The zero-order valence-electron chi connectivity index (χ0n) is 29.5. The van der Waals surface area contributed by atoms with Gasteiger partial charge < -0.3 is 29.2 Å². The molecule has 2 aliphatic heterocycles. The van der Waals surface area contributed by atoms with Gasteiger partial charge in [0.25, 0.3) is 5.91 Å². The first-order valence-electron chi connectivity index (χ1n) is 17.5. The molecule has 2 amide bonds. The van der Waals surface area contributed by atoms with Crippen LogP contribution in [-0.2, 0) is 11.3 Å². The van der Waals surface area contributed by atoms with E-state index in [-0.39, 0.29) is 36.0 Å². The lowest BCUT2D eigenvalue weighted by atomic mass is 9.92. The molecule has 4 aromatic heterocycles. The van der Waals surface area contributed by atoms with Crippen molar-refractivity contribution in [2.45, 2.75) is 19.4 Å². The summed E-state index contributed by atoms with van der Waals surface area (Å²) in [6.07, 6.45) is 9.55. The van der Waals surface area contributed by atoms with E-state index in [0.29, 0.717) is 79.3 Å². The Morgan fingerprint density at radius 3 is 2.49 bits per heavy atom. The molecule has 0 bridgehead atoms. The molecular formula is C39H38FN9O4. The van der Waals surface area contributed by atoms with E-state index in [1.807, 2.05) is 48.5 Å². The fourth-order valence-electron chi connectivity index (χ4n) is 7.33. The molecule has 14 heteroatoms. The summed E-state index contributed by atoms with van der Waals surface area (Å²) in [6.45, 7) is 3.21. The predicted octanol–water partition coefficient (Wildman–Crippen LogP) is 5.19. The van der Waals surface area contributed by atoms with Crippen LogP contribution in [0, 0.1) is 5.82 Å². The largest absolute Gasteiger partial charge is 0.495 e. The van der Waals surface area contributed by atoms with Crippen LogP contribution in [0.15, 0.2) is 79.4 Å². The molecule has 6 heterocycles. The maximum atomic E-state index is 16.9. The molecular weight excluding hydrogens is 677 g/mol. The Morgan fingerprint density at radius 2 is 1.70 bits per heavy atom.